The second kappa shape index (κ2) is 9.27. The van der Waals surface area contributed by atoms with Gasteiger partial charge in [-0.05, 0) is 60.7 Å². The van der Waals surface area contributed by atoms with Crippen molar-refractivity contribution in [3.63, 3.8) is 0 Å². The molecule has 2 aliphatic rings. The van der Waals surface area contributed by atoms with E-state index in [1.165, 1.54) is 61.0 Å². The maximum absolute atomic E-state index is 2.39. The van der Waals surface area contributed by atoms with Gasteiger partial charge < -0.3 is 4.90 Å². The lowest BCUT2D eigenvalue weighted by molar-refractivity contribution is -0.399. The van der Waals surface area contributed by atoms with E-state index in [0.29, 0.717) is 0 Å². The van der Waals surface area contributed by atoms with Crippen molar-refractivity contribution >= 4 is 38.6 Å². The zero-order chi connectivity index (χ0) is 25.4. The molecule has 2 heteroatoms. The van der Waals surface area contributed by atoms with E-state index in [1.54, 1.807) is 0 Å². The van der Waals surface area contributed by atoms with E-state index >= 15 is 0 Å². The summed E-state index contributed by atoms with van der Waals surface area (Å²) in [5.74, 6) is 0. The van der Waals surface area contributed by atoms with Gasteiger partial charge in [-0.2, -0.15) is 4.58 Å². The molecule has 196 valence electrons. The highest BCUT2D eigenvalue weighted by atomic mass is 15.2. The number of hydrogen-bond donors (Lipinski definition) is 0. The summed E-state index contributed by atoms with van der Waals surface area (Å²) in [6.45, 7) is 11.6. The number of aryl methyl sites for hydroxylation is 1. The third-order valence-corrected chi connectivity index (χ3v) is 8.56. The zero-order valence-electron chi connectivity index (χ0n) is 22.5. The Balaban J connectivity index is 0.00000168. The number of allylic oxidation sites excluding steroid dienone is 4. The minimum atomic E-state index is -0.0792. The van der Waals surface area contributed by atoms with Crippen LogP contribution in [0.2, 0.25) is 0 Å². The third-order valence-electron chi connectivity index (χ3n) is 8.56. The highest BCUT2D eigenvalue weighted by Gasteiger charge is 2.44. The Labute approximate surface area is 229 Å². The van der Waals surface area contributed by atoms with Gasteiger partial charge in [0.15, 0.2) is 5.71 Å². The summed E-state index contributed by atoms with van der Waals surface area (Å²) in [5, 5.41) is 5.29. The average Bonchev–Trinajstić information content (AvgIpc) is 3.17. The van der Waals surface area contributed by atoms with Gasteiger partial charge in [-0.3, -0.25) is 0 Å². The lowest BCUT2D eigenvalue weighted by atomic mass is 9.80. The lowest BCUT2D eigenvalue weighted by Gasteiger charge is -2.24. The Hall–Kier alpha value is -3.65. The van der Waals surface area contributed by atoms with E-state index < -0.39 is 0 Å². The van der Waals surface area contributed by atoms with Crippen LogP contribution in [0.15, 0.2) is 90.7 Å². The lowest BCUT2D eigenvalue weighted by Crippen LogP contribution is -2.26. The Kier molecular flexibility index (Phi) is 6.68. The summed E-state index contributed by atoms with van der Waals surface area (Å²) in [6.07, 6.45) is 6.89. The van der Waals surface area contributed by atoms with E-state index in [0.717, 1.165) is 0 Å². The predicted molar refractivity (Wildman–Crippen MR) is 169 cm³/mol. The minimum Gasteiger partial charge on any atom is -0.347 e. The first-order valence-electron chi connectivity index (χ1n) is 12.9. The van der Waals surface area contributed by atoms with Crippen LogP contribution < -0.4 is 4.90 Å². The number of rotatable bonds is 2. The van der Waals surface area contributed by atoms with Crippen LogP contribution in [0.3, 0.4) is 0 Å². The molecule has 0 saturated heterocycles. The van der Waals surface area contributed by atoms with Crippen molar-refractivity contribution in [1.29, 1.82) is 0 Å². The summed E-state index contributed by atoms with van der Waals surface area (Å²) in [4.78, 5) is 2.37. The first-order valence-corrected chi connectivity index (χ1v) is 12.9. The van der Waals surface area contributed by atoms with Crippen molar-refractivity contribution in [3.05, 3.63) is 107 Å². The molecule has 0 aromatic heterocycles. The maximum Gasteiger partial charge on any atom is 0.217 e. The molecule has 2 aliphatic heterocycles. The smallest absolute Gasteiger partial charge is 0.217 e. The van der Waals surface area contributed by atoms with Crippen LogP contribution in [0.1, 0.15) is 59.2 Å². The molecule has 2 nitrogen and oxygen atoms in total. The number of hydrogen-bond acceptors (Lipinski definition) is 1. The summed E-state index contributed by atoms with van der Waals surface area (Å²) in [5.41, 5.74) is 9.27. The second-order valence-corrected chi connectivity index (χ2v) is 11.5. The van der Waals surface area contributed by atoms with Crippen molar-refractivity contribution in [1.82, 2.24) is 0 Å². The SMILES string of the molecule is C.C.Cc1ccc2c3c(ccc2c1)N(C)C(=CC=CC1=[N+](C)c2c(ccc4ccccc24)C1(C)C)C3(C)C. The first kappa shape index (κ1) is 27.4. The van der Waals surface area contributed by atoms with Gasteiger partial charge in [0.05, 0.1) is 10.8 Å². The van der Waals surface area contributed by atoms with Crippen molar-refractivity contribution in [3.8, 4) is 0 Å². The van der Waals surface area contributed by atoms with Crippen LogP contribution in [0.25, 0.3) is 21.5 Å². The van der Waals surface area contributed by atoms with Gasteiger partial charge in [0.25, 0.3) is 0 Å². The van der Waals surface area contributed by atoms with Gasteiger partial charge in [0.1, 0.15) is 7.05 Å². The molecular weight excluding hydrogens is 460 g/mol. The molecule has 0 fully saturated rings. The van der Waals surface area contributed by atoms with Crippen molar-refractivity contribution in [2.75, 3.05) is 19.0 Å². The minimum absolute atomic E-state index is 0. The van der Waals surface area contributed by atoms with Crippen LogP contribution in [-0.2, 0) is 10.8 Å². The van der Waals surface area contributed by atoms with Gasteiger partial charge in [0, 0.05) is 35.5 Å². The summed E-state index contributed by atoms with van der Waals surface area (Å²) < 4.78 is 2.39. The van der Waals surface area contributed by atoms with Crippen LogP contribution in [0.5, 0.6) is 0 Å². The monoisotopic (exact) mass is 503 g/mol. The number of likely N-dealkylation sites (N-methyl/N-ethyl adjacent to an activating group) is 1. The second-order valence-electron chi connectivity index (χ2n) is 11.5. The molecule has 0 radical (unpaired) electrons. The predicted octanol–water partition coefficient (Wildman–Crippen LogP) is 9.45. The topological polar surface area (TPSA) is 6.25 Å². The molecule has 0 saturated carbocycles. The quantitative estimate of drug-likeness (QED) is 0.247. The van der Waals surface area contributed by atoms with E-state index in [2.05, 4.69) is 143 Å². The molecule has 0 aliphatic carbocycles. The fourth-order valence-corrected chi connectivity index (χ4v) is 6.72. The summed E-state index contributed by atoms with van der Waals surface area (Å²) in [6, 6.07) is 24.7. The zero-order valence-corrected chi connectivity index (χ0v) is 22.5. The van der Waals surface area contributed by atoms with Crippen molar-refractivity contribution < 1.29 is 4.58 Å². The Morgan fingerprint density at radius 2 is 1.50 bits per heavy atom. The molecule has 0 atom stereocenters. The molecular formula is C36H43N2+. The first-order chi connectivity index (χ1) is 17.1. The number of anilines is 1. The van der Waals surface area contributed by atoms with Crippen LogP contribution in [0.4, 0.5) is 11.4 Å². The Morgan fingerprint density at radius 3 is 2.26 bits per heavy atom. The molecule has 4 aromatic rings. The number of nitrogens with zero attached hydrogens (tertiary/aromatic N) is 2. The summed E-state index contributed by atoms with van der Waals surface area (Å²) >= 11 is 0. The Morgan fingerprint density at radius 1 is 0.789 bits per heavy atom. The number of fused-ring (bicyclic) bond motifs is 6. The molecule has 0 N–H and O–H groups in total. The van der Waals surface area contributed by atoms with E-state index in [-0.39, 0.29) is 25.7 Å². The van der Waals surface area contributed by atoms with E-state index in [4.69, 9.17) is 0 Å². The van der Waals surface area contributed by atoms with Gasteiger partial charge in [-0.25, -0.2) is 0 Å². The molecule has 4 aromatic carbocycles. The highest BCUT2D eigenvalue weighted by Crippen LogP contribution is 2.50. The van der Waals surface area contributed by atoms with Crippen LogP contribution in [0, 0.1) is 6.92 Å². The number of benzene rings is 4. The van der Waals surface area contributed by atoms with Gasteiger partial charge in [-0.1, -0.05) is 94.9 Å². The van der Waals surface area contributed by atoms with E-state index in [9.17, 15) is 0 Å². The maximum atomic E-state index is 2.39. The fourth-order valence-electron chi connectivity index (χ4n) is 6.72. The average molecular weight is 504 g/mol. The largest absolute Gasteiger partial charge is 0.347 e. The third kappa shape index (κ3) is 3.73. The molecule has 2 heterocycles. The summed E-state index contributed by atoms with van der Waals surface area (Å²) in [7, 11) is 4.41. The molecule has 0 unspecified atom stereocenters. The van der Waals surface area contributed by atoms with Crippen LogP contribution in [-0.4, -0.2) is 24.4 Å². The highest BCUT2D eigenvalue weighted by molar-refractivity contribution is 6.07. The molecule has 0 bridgehead atoms. The normalized spacial score (nSPS) is 18.2. The molecule has 0 amide bonds. The van der Waals surface area contributed by atoms with Crippen LogP contribution >= 0.6 is 0 Å². The fraction of sp³-hybridized carbons (Fsp3) is 0.306. The van der Waals surface area contributed by atoms with Crippen molar-refractivity contribution in [2.45, 2.75) is 60.3 Å². The Bertz CT molecular complexity index is 1660. The van der Waals surface area contributed by atoms with Gasteiger partial charge >= 0.3 is 0 Å². The van der Waals surface area contributed by atoms with Gasteiger partial charge in [0.2, 0.25) is 5.69 Å². The van der Waals surface area contributed by atoms with Gasteiger partial charge in [-0.15, -0.1) is 0 Å². The molecule has 38 heavy (non-hydrogen) atoms. The van der Waals surface area contributed by atoms with Crippen molar-refractivity contribution in [2.24, 2.45) is 0 Å². The molecule has 6 rings (SSSR count). The molecule has 0 spiro atoms. The standard InChI is InChI=1S/C34H35N2.2CH4/c1-22-15-18-25-24(21-22)17-20-28-31(25)34(4,5)30(35(28)6)14-10-13-29-33(2,3)27-19-16-23-11-8-9-12-26(23)32(27)36(29)7;;/h8-21H,1-7H3;2*1H4/q+1;;. The van der Waals surface area contributed by atoms with E-state index in [1.807, 2.05) is 0 Å².